The predicted molar refractivity (Wildman–Crippen MR) is 90.6 cm³/mol. The van der Waals surface area contributed by atoms with Gasteiger partial charge in [0.15, 0.2) is 0 Å². The number of phenolic OH excluding ortho intramolecular Hbond substituents is 1. The molecule has 0 unspecified atom stereocenters. The summed E-state index contributed by atoms with van der Waals surface area (Å²) in [6.45, 7) is 0. The Hall–Kier alpha value is -3.34. The first-order valence-electron chi connectivity index (χ1n) is 6.53. The predicted octanol–water partition coefficient (Wildman–Crippen LogP) is 2.74. The van der Waals surface area contributed by atoms with Crippen LogP contribution in [0.25, 0.3) is 0 Å². The number of nitro groups is 2. The van der Waals surface area contributed by atoms with Crippen molar-refractivity contribution in [2.45, 2.75) is 0 Å². The summed E-state index contributed by atoms with van der Waals surface area (Å²) in [5, 5.41) is 34.9. The van der Waals surface area contributed by atoms with Gasteiger partial charge >= 0.3 is 0 Å². The number of phenols is 1. The highest BCUT2D eigenvalue weighted by atomic mass is 79.9. The number of hydrogen-bond donors (Lipinski definition) is 2. The second-order valence-electron chi connectivity index (χ2n) is 4.65. The minimum atomic E-state index is -0.877. The van der Waals surface area contributed by atoms with Crippen molar-refractivity contribution in [3.63, 3.8) is 0 Å². The maximum Gasteiger partial charge on any atom is 0.277 e. The summed E-state index contributed by atoms with van der Waals surface area (Å²) in [6, 6.07) is 7.11. The molecule has 2 N–H and O–H groups in total. The van der Waals surface area contributed by atoms with Crippen LogP contribution in [0.1, 0.15) is 15.9 Å². The minimum Gasteiger partial charge on any atom is -0.507 e. The van der Waals surface area contributed by atoms with Crippen LogP contribution in [0.5, 0.6) is 5.75 Å². The minimum absolute atomic E-state index is 0.0767. The fourth-order valence-corrected chi connectivity index (χ4v) is 2.17. The molecule has 0 spiro atoms. The van der Waals surface area contributed by atoms with E-state index in [4.69, 9.17) is 0 Å². The van der Waals surface area contributed by atoms with Crippen LogP contribution in [0.4, 0.5) is 11.4 Å². The number of hydrogen-bond acceptors (Lipinski definition) is 7. The number of carbonyl (C=O) groups is 1. The van der Waals surface area contributed by atoms with Crippen LogP contribution in [-0.4, -0.2) is 27.1 Å². The van der Waals surface area contributed by atoms with Crippen molar-refractivity contribution < 1.29 is 19.7 Å². The summed E-state index contributed by atoms with van der Waals surface area (Å²) in [7, 11) is 0. The molecule has 2 rings (SSSR count). The molecule has 2 aromatic rings. The molecule has 0 saturated heterocycles. The van der Waals surface area contributed by atoms with E-state index in [9.17, 15) is 30.1 Å². The summed E-state index contributed by atoms with van der Waals surface area (Å²) < 4.78 is 0.674. The molecule has 0 aliphatic heterocycles. The van der Waals surface area contributed by atoms with E-state index < -0.39 is 27.1 Å². The topological polar surface area (TPSA) is 148 Å². The molecule has 0 aliphatic carbocycles. The van der Waals surface area contributed by atoms with Crippen molar-refractivity contribution in [2.75, 3.05) is 0 Å². The Morgan fingerprint density at radius 1 is 1.12 bits per heavy atom. The van der Waals surface area contributed by atoms with Crippen molar-refractivity contribution in [2.24, 2.45) is 5.10 Å². The van der Waals surface area contributed by atoms with Crippen LogP contribution in [0.2, 0.25) is 0 Å². The van der Waals surface area contributed by atoms with Crippen LogP contribution < -0.4 is 5.43 Å². The number of aromatic hydroxyl groups is 1. The van der Waals surface area contributed by atoms with Gasteiger partial charge in [0.25, 0.3) is 17.3 Å². The maximum absolute atomic E-state index is 12.0. The van der Waals surface area contributed by atoms with Gasteiger partial charge < -0.3 is 5.11 Å². The number of halogens is 1. The smallest absolute Gasteiger partial charge is 0.277 e. The zero-order chi connectivity index (χ0) is 18.6. The van der Waals surface area contributed by atoms with Gasteiger partial charge in [0, 0.05) is 22.2 Å². The first-order valence-corrected chi connectivity index (χ1v) is 7.33. The zero-order valence-electron chi connectivity index (χ0n) is 12.2. The van der Waals surface area contributed by atoms with E-state index in [0.29, 0.717) is 10.0 Å². The van der Waals surface area contributed by atoms with Crippen molar-refractivity contribution >= 4 is 39.4 Å². The first-order chi connectivity index (χ1) is 11.8. The normalized spacial score (nSPS) is 10.6. The molecule has 0 bridgehead atoms. The summed E-state index contributed by atoms with van der Waals surface area (Å²) in [6.07, 6.45) is 1.16. The van der Waals surface area contributed by atoms with Gasteiger partial charge in [-0.3, -0.25) is 25.0 Å². The third-order valence-corrected chi connectivity index (χ3v) is 3.44. The first kappa shape index (κ1) is 18.0. The number of benzene rings is 2. The molecule has 0 saturated carbocycles. The van der Waals surface area contributed by atoms with Gasteiger partial charge in [-0.25, -0.2) is 5.43 Å². The van der Waals surface area contributed by atoms with Gasteiger partial charge in [-0.1, -0.05) is 15.9 Å². The second-order valence-corrected chi connectivity index (χ2v) is 5.57. The lowest BCUT2D eigenvalue weighted by Gasteiger charge is -2.02. The van der Waals surface area contributed by atoms with Crippen LogP contribution in [-0.2, 0) is 0 Å². The number of nitrogens with zero attached hydrogens (tertiary/aromatic N) is 3. The van der Waals surface area contributed by atoms with Gasteiger partial charge in [-0.15, -0.1) is 0 Å². The SMILES string of the molecule is O=C(N/N=C\c1cc(Br)ccc1O)c1cc([N+](=O)[O-])cc([N+](=O)[O-])c1. The molecule has 0 aliphatic rings. The second kappa shape index (κ2) is 7.49. The lowest BCUT2D eigenvalue weighted by molar-refractivity contribution is -0.394. The Bertz CT molecular complexity index is 867. The van der Waals surface area contributed by atoms with Crippen molar-refractivity contribution in [3.05, 3.63) is 72.2 Å². The van der Waals surface area contributed by atoms with Gasteiger partial charge in [0.1, 0.15) is 5.75 Å². The van der Waals surface area contributed by atoms with Gasteiger partial charge in [-0.05, 0) is 18.2 Å². The van der Waals surface area contributed by atoms with Crippen LogP contribution in [0, 0.1) is 20.2 Å². The summed E-state index contributed by atoms with van der Waals surface area (Å²) in [5.74, 6) is -0.954. The Kier molecular flexibility index (Phi) is 5.39. The average Bonchev–Trinajstić information content (AvgIpc) is 2.57. The van der Waals surface area contributed by atoms with Crippen molar-refractivity contribution in [3.8, 4) is 5.75 Å². The average molecular weight is 409 g/mol. The fraction of sp³-hybridized carbons (Fsp3) is 0. The van der Waals surface area contributed by atoms with E-state index in [1.54, 1.807) is 12.1 Å². The third kappa shape index (κ3) is 4.57. The molecular formula is C14H9BrN4O6. The lowest BCUT2D eigenvalue weighted by Crippen LogP contribution is -2.18. The lowest BCUT2D eigenvalue weighted by atomic mass is 10.1. The third-order valence-electron chi connectivity index (χ3n) is 2.95. The summed E-state index contributed by atoms with van der Waals surface area (Å²) >= 11 is 3.21. The molecule has 2 aromatic carbocycles. The zero-order valence-corrected chi connectivity index (χ0v) is 13.8. The highest BCUT2D eigenvalue weighted by Crippen LogP contribution is 2.23. The van der Waals surface area contributed by atoms with E-state index >= 15 is 0 Å². The summed E-state index contributed by atoms with van der Waals surface area (Å²) in [4.78, 5) is 31.9. The van der Waals surface area contributed by atoms with Gasteiger partial charge in [0.05, 0.1) is 27.7 Å². The van der Waals surface area contributed by atoms with Crippen LogP contribution in [0.15, 0.2) is 46.0 Å². The summed E-state index contributed by atoms with van der Waals surface area (Å²) in [5.41, 5.74) is 0.916. The maximum atomic E-state index is 12.0. The molecule has 128 valence electrons. The Balaban J connectivity index is 2.23. The highest BCUT2D eigenvalue weighted by Gasteiger charge is 2.19. The van der Waals surface area contributed by atoms with E-state index in [2.05, 4.69) is 26.5 Å². The van der Waals surface area contributed by atoms with Gasteiger partial charge in [-0.2, -0.15) is 5.10 Å². The number of rotatable bonds is 5. The van der Waals surface area contributed by atoms with E-state index in [0.717, 1.165) is 24.4 Å². The van der Waals surface area contributed by atoms with Crippen LogP contribution >= 0.6 is 15.9 Å². The van der Waals surface area contributed by atoms with E-state index in [-0.39, 0.29) is 11.3 Å². The number of amides is 1. The molecule has 1 amide bonds. The van der Waals surface area contributed by atoms with Crippen LogP contribution in [0.3, 0.4) is 0 Å². The van der Waals surface area contributed by atoms with Crippen molar-refractivity contribution in [1.29, 1.82) is 0 Å². The molecule has 0 radical (unpaired) electrons. The van der Waals surface area contributed by atoms with E-state index in [1.165, 1.54) is 6.07 Å². The fourth-order valence-electron chi connectivity index (χ4n) is 1.79. The number of hydrazone groups is 1. The molecule has 11 heteroatoms. The molecular weight excluding hydrogens is 400 g/mol. The van der Waals surface area contributed by atoms with Gasteiger partial charge in [0.2, 0.25) is 0 Å². The monoisotopic (exact) mass is 408 g/mol. The van der Waals surface area contributed by atoms with E-state index in [1.807, 2.05) is 0 Å². The number of non-ortho nitro benzene ring substituents is 2. The molecule has 0 fully saturated rings. The largest absolute Gasteiger partial charge is 0.507 e. The molecule has 0 atom stereocenters. The Morgan fingerprint density at radius 3 is 2.28 bits per heavy atom. The number of carbonyl (C=O) groups excluding carboxylic acids is 1. The molecule has 0 aromatic heterocycles. The highest BCUT2D eigenvalue weighted by molar-refractivity contribution is 9.10. The number of nitrogens with one attached hydrogen (secondary N) is 1. The Morgan fingerprint density at radius 2 is 1.72 bits per heavy atom. The molecule has 10 nitrogen and oxygen atoms in total. The number of nitro benzene ring substituents is 2. The molecule has 25 heavy (non-hydrogen) atoms. The quantitative estimate of drug-likeness (QED) is 0.441. The molecule has 0 heterocycles. The van der Waals surface area contributed by atoms with Crippen molar-refractivity contribution in [1.82, 2.24) is 5.43 Å². The Labute approximate surface area is 148 Å². The standard InChI is InChI=1S/C14H9BrN4O6/c15-10-1-2-13(20)9(3-10)7-16-17-14(21)8-4-11(18(22)23)6-12(5-8)19(24)25/h1-7,20H,(H,17,21)/b16-7-.